The van der Waals surface area contributed by atoms with Crippen LogP contribution >= 0.6 is 23.4 Å². The van der Waals surface area contributed by atoms with Crippen LogP contribution in [0.5, 0.6) is 0 Å². The van der Waals surface area contributed by atoms with Crippen molar-refractivity contribution in [2.45, 2.75) is 5.16 Å². The molecule has 0 amide bonds. The van der Waals surface area contributed by atoms with Gasteiger partial charge in [-0.2, -0.15) is 4.39 Å². The van der Waals surface area contributed by atoms with Crippen LogP contribution in [0, 0.1) is 5.82 Å². The van der Waals surface area contributed by atoms with Gasteiger partial charge in [-0.25, -0.2) is 9.97 Å². The van der Waals surface area contributed by atoms with Gasteiger partial charge in [-0.15, -0.1) is 0 Å². The van der Waals surface area contributed by atoms with Crippen LogP contribution in [0.4, 0.5) is 10.2 Å². The normalized spacial score (nSPS) is 10.5. The Morgan fingerprint density at radius 1 is 1.53 bits per heavy atom. The lowest BCUT2D eigenvalue weighted by Crippen LogP contribution is -2.24. The lowest BCUT2D eigenvalue weighted by molar-refractivity contribution is 0.303. The van der Waals surface area contributed by atoms with Gasteiger partial charge in [0.15, 0.2) is 16.1 Å². The van der Waals surface area contributed by atoms with E-state index in [0.717, 1.165) is 0 Å². The van der Waals surface area contributed by atoms with Gasteiger partial charge in [0.25, 0.3) is 0 Å². The van der Waals surface area contributed by atoms with E-state index in [4.69, 9.17) is 16.7 Å². The molecule has 1 aromatic rings. The molecule has 0 unspecified atom stereocenters. The Labute approximate surface area is 96.5 Å². The Balaban J connectivity index is 3.09. The molecule has 0 radical (unpaired) electrons. The first-order valence-electron chi connectivity index (χ1n) is 4.19. The van der Waals surface area contributed by atoms with Gasteiger partial charge in [0, 0.05) is 13.6 Å². The molecule has 0 saturated carbocycles. The standard InChI is InChI=1S/C8H11ClFN3OS/c1-13(3-4-14)7-5(10)6(9)11-8(12-7)15-2/h14H,3-4H2,1-2H3. The summed E-state index contributed by atoms with van der Waals surface area (Å²) in [5, 5.41) is 8.94. The maximum atomic E-state index is 13.5. The van der Waals surface area contributed by atoms with Crippen LogP contribution in [0.15, 0.2) is 5.16 Å². The van der Waals surface area contributed by atoms with E-state index in [1.54, 1.807) is 13.3 Å². The molecular formula is C8H11ClFN3OS. The number of aliphatic hydroxyl groups is 1. The van der Waals surface area contributed by atoms with E-state index in [0.29, 0.717) is 5.16 Å². The zero-order valence-corrected chi connectivity index (χ0v) is 9.94. The Morgan fingerprint density at radius 3 is 2.73 bits per heavy atom. The molecule has 1 N–H and O–H groups in total. The zero-order valence-electron chi connectivity index (χ0n) is 8.37. The number of rotatable bonds is 4. The molecule has 0 aliphatic rings. The summed E-state index contributed by atoms with van der Waals surface area (Å²) in [6.45, 7) is 0.213. The molecule has 0 fully saturated rings. The second-order valence-electron chi connectivity index (χ2n) is 2.78. The topological polar surface area (TPSA) is 49.2 Å². The maximum Gasteiger partial charge on any atom is 0.202 e. The van der Waals surface area contributed by atoms with Gasteiger partial charge in [0.1, 0.15) is 0 Å². The molecule has 0 aromatic carbocycles. The van der Waals surface area contributed by atoms with Gasteiger partial charge in [0.05, 0.1) is 6.61 Å². The first-order valence-corrected chi connectivity index (χ1v) is 5.79. The third-order valence-corrected chi connectivity index (χ3v) is 2.55. The Bertz CT molecular complexity index is 353. The molecule has 84 valence electrons. The number of likely N-dealkylation sites (N-methyl/N-ethyl adjacent to an activating group) is 1. The van der Waals surface area contributed by atoms with E-state index in [9.17, 15) is 4.39 Å². The van der Waals surface area contributed by atoms with Crippen molar-refractivity contribution in [3.63, 3.8) is 0 Å². The van der Waals surface area contributed by atoms with Crippen molar-refractivity contribution in [2.75, 3.05) is 31.4 Å². The van der Waals surface area contributed by atoms with Gasteiger partial charge < -0.3 is 10.0 Å². The van der Waals surface area contributed by atoms with Crippen LogP contribution in [0.2, 0.25) is 5.15 Å². The number of halogens is 2. The first-order chi connectivity index (χ1) is 7.10. The number of aromatic nitrogens is 2. The fourth-order valence-corrected chi connectivity index (χ4v) is 1.57. The van der Waals surface area contributed by atoms with Crippen molar-refractivity contribution in [3.8, 4) is 0 Å². The maximum absolute atomic E-state index is 13.5. The molecule has 0 bridgehead atoms. The molecule has 0 spiro atoms. The molecule has 1 aromatic heterocycles. The van der Waals surface area contributed by atoms with E-state index in [2.05, 4.69) is 9.97 Å². The van der Waals surface area contributed by atoms with Gasteiger partial charge in [-0.05, 0) is 6.26 Å². The Hall–Kier alpha value is -0.590. The van der Waals surface area contributed by atoms with E-state index in [1.807, 2.05) is 0 Å². The summed E-state index contributed by atoms with van der Waals surface area (Å²) in [6, 6.07) is 0. The molecule has 0 aliphatic carbocycles. The lowest BCUT2D eigenvalue weighted by Gasteiger charge is -2.17. The minimum absolute atomic E-state index is 0.0772. The summed E-state index contributed by atoms with van der Waals surface area (Å²) in [5.74, 6) is -0.557. The number of nitrogens with zero attached hydrogens (tertiary/aromatic N) is 3. The summed E-state index contributed by atoms with van der Waals surface area (Å²) in [7, 11) is 1.63. The van der Waals surface area contributed by atoms with Crippen LogP contribution in [0.1, 0.15) is 0 Å². The van der Waals surface area contributed by atoms with E-state index < -0.39 is 5.82 Å². The van der Waals surface area contributed by atoms with E-state index >= 15 is 0 Å². The lowest BCUT2D eigenvalue weighted by atomic mass is 10.5. The fourth-order valence-electron chi connectivity index (χ4n) is 0.990. The number of hydrogen-bond donors (Lipinski definition) is 1. The van der Waals surface area contributed by atoms with E-state index in [1.165, 1.54) is 16.7 Å². The highest BCUT2D eigenvalue weighted by molar-refractivity contribution is 7.98. The Morgan fingerprint density at radius 2 is 2.20 bits per heavy atom. The largest absolute Gasteiger partial charge is 0.395 e. The number of hydrogen-bond acceptors (Lipinski definition) is 5. The molecular weight excluding hydrogens is 241 g/mol. The molecule has 0 atom stereocenters. The number of thioether (sulfide) groups is 1. The van der Waals surface area contributed by atoms with Crippen LogP contribution in [-0.2, 0) is 0 Å². The number of aliphatic hydroxyl groups excluding tert-OH is 1. The minimum Gasteiger partial charge on any atom is -0.395 e. The van der Waals surface area contributed by atoms with Crippen molar-refractivity contribution in [2.24, 2.45) is 0 Å². The van der Waals surface area contributed by atoms with Gasteiger partial charge in [-0.3, -0.25) is 0 Å². The molecule has 1 heterocycles. The molecule has 1 rings (SSSR count). The average Bonchev–Trinajstić information content (AvgIpc) is 2.22. The quantitative estimate of drug-likeness (QED) is 0.498. The highest BCUT2D eigenvalue weighted by atomic mass is 35.5. The molecule has 15 heavy (non-hydrogen) atoms. The second kappa shape index (κ2) is 5.48. The number of anilines is 1. The SMILES string of the molecule is CSc1nc(Cl)c(F)c(N(C)CCO)n1. The van der Waals surface area contributed by atoms with Crippen molar-refractivity contribution >= 4 is 29.2 Å². The summed E-state index contributed by atoms with van der Waals surface area (Å²) < 4.78 is 13.5. The fraction of sp³-hybridized carbons (Fsp3) is 0.500. The second-order valence-corrected chi connectivity index (χ2v) is 3.92. The van der Waals surface area contributed by atoms with Gasteiger partial charge in [-0.1, -0.05) is 23.4 Å². The van der Waals surface area contributed by atoms with Crippen molar-refractivity contribution in [1.29, 1.82) is 0 Å². The summed E-state index contributed by atoms with van der Waals surface area (Å²) in [4.78, 5) is 9.21. The van der Waals surface area contributed by atoms with Crippen LogP contribution in [0.25, 0.3) is 0 Å². The van der Waals surface area contributed by atoms with Gasteiger partial charge >= 0.3 is 0 Å². The smallest absolute Gasteiger partial charge is 0.202 e. The highest BCUT2D eigenvalue weighted by Crippen LogP contribution is 2.24. The van der Waals surface area contributed by atoms with Crippen molar-refractivity contribution in [1.82, 2.24) is 9.97 Å². The Kier molecular flexibility index (Phi) is 4.56. The van der Waals surface area contributed by atoms with Crippen LogP contribution in [0.3, 0.4) is 0 Å². The molecule has 0 aliphatic heterocycles. The third kappa shape index (κ3) is 2.93. The van der Waals surface area contributed by atoms with Crippen LogP contribution < -0.4 is 4.90 Å². The predicted octanol–water partition coefficient (Wildman–Crippen LogP) is 1.42. The van der Waals surface area contributed by atoms with Crippen LogP contribution in [-0.4, -0.2) is 41.5 Å². The summed E-state index contributed by atoms with van der Waals surface area (Å²) in [6.07, 6.45) is 1.78. The third-order valence-electron chi connectivity index (χ3n) is 1.75. The van der Waals surface area contributed by atoms with Crippen molar-refractivity contribution < 1.29 is 9.50 Å². The summed E-state index contributed by atoms with van der Waals surface area (Å²) in [5.41, 5.74) is 0. The summed E-state index contributed by atoms with van der Waals surface area (Å²) >= 11 is 6.89. The average molecular weight is 252 g/mol. The minimum atomic E-state index is -0.662. The zero-order chi connectivity index (χ0) is 11.4. The van der Waals surface area contributed by atoms with E-state index in [-0.39, 0.29) is 24.1 Å². The van der Waals surface area contributed by atoms with Gasteiger partial charge in [0.2, 0.25) is 5.82 Å². The monoisotopic (exact) mass is 251 g/mol. The molecule has 0 saturated heterocycles. The predicted molar refractivity (Wildman–Crippen MR) is 59.1 cm³/mol. The van der Waals surface area contributed by atoms with Crippen molar-refractivity contribution in [3.05, 3.63) is 11.0 Å². The molecule has 4 nitrogen and oxygen atoms in total. The highest BCUT2D eigenvalue weighted by Gasteiger charge is 2.15. The molecule has 7 heteroatoms. The first kappa shape index (κ1) is 12.5.